The summed E-state index contributed by atoms with van der Waals surface area (Å²) < 4.78 is 0. The van der Waals surface area contributed by atoms with E-state index in [1.54, 1.807) is 0 Å². The molecule has 0 spiro atoms. The first-order valence-corrected chi connectivity index (χ1v) is 11.5. The maximum absolute atomic E-state index is 12.1. The molecule has 1 aliphatic rings. The van der Waals surface area contributed by atoms with Crippen molar-refractivity contribution in [2.24, 2.45) is 5.16 Å². The van der Waals surface area contributed by atoms with Gasteiger partial charge in [0.25, 0.3) is 8.32 Å². The summed E-state index contributed by atoms with van der Waals surface area (Å²) in [5.41, 5.74) is 0.530. The molecule has 0 saturated heterocycles. The molecule has 4 nitrogen and oxygen atoms in total. The van der Waals surface area contributed by atoms with Gasteiger partial charge in [0, 0.05) is 6.42 Å². The highest BCUT2D eigenvalue weighted by atomic mass is 28.4. The van der Waals surface area contributed by atoms with E-state index >= 15 is 0 Å². The fourth-order valence-electron chi connectivity index (χ4n) is 3.87. The van der Waals surface area contributed by atoms with Crippen LogP contribution in [0.3, 0.4) is 0 Å². The molecule has 1 aliphatic heterocycles. The molecule has 2 aromatic rings. The first-order valence-electron chi connectivity index (χ1n) is 9.59. The Labute approximate surface area is 168 Å². The van der Waals surface area contributed by atoms with Gasteiger partial charge in [0.1, 0.15) is 5.71 Å². The van der Waals surface area contributed by atoms with E-state index in [9.17, 15) is 9.90 Å². The molecular weight excluding hydrogens is 366 g/mol. The predicted octanol–water partition coefficient (Wildman–Crippen LogP) is 2.44. The quantitative estimate of drug-likeness (QED) is 0.561. The molecule has 1 heterocycles. The minimum absolute atomic E-state index is 0.412. The molecule has 2 N–H and O–H groups in total. The Bertz CT molecular complexity index is 819. The number of oxime groups is 1. The standard InChI is InChI=1S/C23H27NO3Si/c1-4-18-17-22(27-24-18)21(25)15-16-23(2,3)28(26,19-11-7-5-8-12-19)20-13-9-6-10-14-20/h1,5-14,21-22,25-26H,15-17H2,2-3H3/t21-,22+/m1/s1. The second-order valence-electron chi connectivity index (χ2n) is 7.96. The molecule has 0 aliphatic carbocycles. The third-order valence-corrected chi connectivity index (χ3v) is 10.3. The highest BCUT2D eigenvalue weighted by Crippen LogP contribution is 2.40. The summed E-state index contributed by atoms with van der Waals surface area (Å²) in [6.45, 7) is 4.18. The highest BCUT2D eigenvalue weighted by Gasteiger charge is 2.50. The van der Waals surface area contributed by atoms with Crippen molar-refractivity contribution in [1.29, 1.82) is 0 Å². The first kappa shape index (κ1) is 20.3. The molecule has 5 heteroatoms. The van der Waals surface area contributed by atoms with Gasteiger partial charge in [-0.2, -0.15) is 0 Å². The monoisotopic (exact) mass is 393 g/mol. The lowest BCUT2D eigenvalue weighted by Crippen LogP contribution is -2.65. The molecule has 0 fully saturated rings. The van der Waals surface area contributed by atoms with Crippen LogP contribution < -0.4 is 10.4 Å². The summed E-state index contributed by atoms with van der Waals surface area (Å²) in [6, 6.07) is 19.8. The minimum Gasteiger partial charge on any atom is -0.424 e. The van der Waals surface area contributed by atoms with Crippen molar-refractivity contribution < 1.29 is 14.7 Å². The maximum Gasteiger partial charge on any atom is 0.258 e. The second kappa shape index (κ2) is 8.32. The largest absolute Gasteiger partial charge is 0.424 e. The Balaban J connectivity index is 1.83. The lowest BCUT2D eigenvalue weighted by Gasteiger charge is -2.41. The smallest absolute Gasteiger partial charge is 0.258 e. The lowest BCUT2D eigenvalue weighted by molar-refractivity contribution is -0.0224. The molecule has 2 aromatic carbocycles. The molecule has 28 heavy (non-hydrogen) atoms. The number of hydrogen-bond donors (Lipinski definition) is 2. The van der Waals surface area contributed by atoms with Crippen LogP contribution in [0.15, 0.2) is 65.8 Å². The van der Waals surface area contributed by atoms with E-state index in [4.69, 9.17) is 11.3 Å². The third-order valence-electron chi connectivity index (χ3n) is 5.72. The van der Waals surface area contributed by atoms with Crippen molar-refractivity contribution >= 4 is 24.4 Å². The first-order chi connectivity index (χ1) is 13.4. The number of terminal acetylenes is 1. The topological polar surface area (TPSA) is 62.0 Å². The number of rotatable bonds is 7. The van der Waals surface area contributed by atoms with E-state index in [0.29, 0.717) is 25.0 Å². The molecule has 0 amide bonds. The Morgan fingerprint density at radius 2 is 1.68 bits per heavy atom. The number of hydrogen-bond acceptors (Lipinski definition) is 4. The van der Waals surface area contributed by atoms with Crippen LogP contribution in [0.2, 0.25) is 5.04 Å². The van der Waals surface area contributed by atoms with Crippen LogP contribution in [0.25, 0.3) is 0 Å². The molecular formula is C23H27NO3Si. The second-order valence-corrected chi connectivity index (χ2v) is 11.9. The Kier molecular flexibility index (Phi) is 6.04. The fourth-order valence-corrected chi connectivity index (χ4v) is 7.62. The van der Waals surface area contributed by atoms with Crippen molar-refractivity contribution in [3.63, 3.8) is 0 Å². The van der Waals surface area contributed by atoms with Crippen LogP contribution in [0.5, 0.6) is 0 Å². The zero-order valence-corrected chi connectivity index (χ0v) is 17.4. The average Bonchev–Trinajstić information content (AvgIpc) is 3.22. The molecule has 0 bridgehead atoms. The summed E-state index contributed by atoms with van der Waals surface area (Å²) in [5.74, 6) is 2.47. The third kappa shape index (κ3) is 3.90. The van der Waals surface area contributed by atoms with Crippen LogP contribution in [0, 0.1) is 12.3 Å². The van der Waals surface area contributed by atoms with Crippen molar-refractivity contribution in [2.75, 3.05) is 0 Å². The van der Waals surface area contributed by atoms with Crippen LogP contribution in [0.4, 0.5) is 0 Å². The highest BCUT2D eigenvalue weighted by molar-refractivity contribution is 6.98. The van der Waals surface area contributed by atoms with Gasteiger partial charge in [-0.05, 0) is 28.3 Å². The summed E-state index contributed by atoms with van der Waals surface area (Å²) in [7, 11) is -3.07. The van der Waals surface area contributed by atoms with E-state index < -0.39 is 25.6 Å². The van der Waals surface area contributed by atoms with Crippen LogP contribution in [-0.2, 0) is 4.84 Å². The molecule has 146 valence electrons. The van der Waals surface area contributed by atoms with Crippen molar-refractivity contribution in [3.05, 3.63) is 60.7 Å². The lowest BCUT2D eigenvalue weighted by atomic mass is 9.98. The fraction of sp³-hybridized carbons (Fsp3) is 0.348. The summed E-state index contributed by atoms with van der Waals surface area (Å²) >= 11 is 0. The van der Waals surface area contributed by atoms with Gasteiger partial charge in [-0.25, -0.2) is 0 Å². The molecule has 2 atom stereocenters. The number of nitrogens with zero attached hydrogens (tertiary/aromatic N) is 1. The van der Waals surface area contributed by atoms with Gasteiger partial charge in [0.05, 0.1) is 6.10 Å². The van der Waals surface area contributed by atoms with Crippen molar-refractivity contribution in [3.8, 4) is 12.3 Å². The Hall–Kier alpha value is -2.39. The minimum atomic E-state index is -3.07. The van der Waals surface area contributed by atoms with E-state index in [0.717, 1.165) is 10.4 Å². The van der Waals surface area contributed by atoms with Gasteiger partial charge in [-0.3, -0.25) is 0 Å². The summed E-state index contributed by atoms with van der Waals surface area (Å²) in [6.07, 6.45) is 5.86. The zero-order valence-electron chi connectivity index (χ0n) is 16.4. The maximum atomic E-state index is 12.1. The molecule has 0 radical (unpaired) electrons. The van der Waals surface area contributed by atoms with Gasteiger partial charge >= 0.3 is 0 Å². The average molecular weight is 394 g/mol. The molecule has 0 saturated carbocycles. The van der Waals surface area contributed by atoms with Crippen LogP contribution >= 0.6 is 0 Å². The number of benzene rings is 2. The van der Waals surface area contributed by atoms with Crippen molar-refractivity contribution in [2.45, 2.75) is 50.4 Å². The van der Waals surface area contributed by atoms with E-state index in [1.165, 1.54) is 0 Å². The molecule has 0 unspecified atom stereocenters. The van der Waals surface area contributed by atoms with Crippen LogP contribution in [0.1, 0.15) is 33.1 Å². The van der Waals surface area contributed by atoms with Gasteiger partial charge in [-0.15, -0.1) is 6.42 Å². The predicted molar refractivity (Wildman–Crippen MR) is 115 cm³/mol. The van der Waals surface area contributed by atoms with Crippen molar-refractivity contribution in [1.82, 2.24) is 0 Å². The Morgan fingerprint density at radius 3 is 2.14 bits per heavy atom. The summed E-state index contributed by atoms with van der Waals surface area (Å²) in [4.78, 5) is 17.4. The van der Waals surface area contributed by atoms with Crippen LogP contribution in [-0.4, -0.2) is 36.1 Å². The van der Waals surface area contributed by atoms with Gasteiger partial charge < -0.3 is 14.7 Å². The molecule has 3 rings (SSSR count). The zero-order chi connectivity index (χ0) is 20.2. The van der Waals surface area contributed by atoms with E-state index in [2.05, 4.69) is 24.9 Å². The van der Waals surface area contributed by atoms with E-state index in [1.807, 2.05) is 60.7 Å². The van der Waals surface area contributed by atoms with Gasteiger partial charge in [0.2, 0.25) is 0 Å². The Morgan fingerprint density at radius 1 is 1.14 bits per heavy atom. The number of aliphatic hydroxyl groups is 1. The SMILES string of the molecule is C#CC1=NO[C@H]([C@H](O)CCC(C)(C)[Si](O)(c2ccccc2)c2ccccc2)C1. The van der Waals surface area contributed by atoms with E-state index in [-0.39, 0.29) is 0 Å². The van der Waals surface area contributed by atoms with Gasteiger partial charge in [-0.1, -0.05) is 85.6 Å². The number of aliphatic hydroxyl groups excluding tert-OH is 1. The summed E-state index contributed by atoms with van der Waals surface area (Å²) in [5, 5.41) is 15.9. The normalized spacial score (nSPS) is 18.1. The van der Waals surface area contributed by atoms with Gasteiger partial charge in [0.15, 0.2) is 6.10 Å². The molecule has 0 aromatic heterocycles.